The van der Waals surface area contributed by atoms with Gasteiger partial charge in [-0.25, -0.2) is 4.79 Å². The maximum atomic E-state index is 8.56. The minimum atomic E-state index is -1.83. The minimum absolute atomic E-state index is 0.813. The summed E-state index contributed by atoms with van der Waals surface area (Å²) in [5.74, 6) is 1.79. The molecule has 5 heteroatoms. The van der Waals surface area contributed by atoms with Gasteiger partial charge in [-0.1, -0.05) is 12.1 Å². The Kier molecular flexibility index (Phi) is 4.44. The van der Waals surface area contributed by atoms with Crippen LogP contribution < -0.4 is 9.47 Å². The number of hydrogen-bond acceptors (Lipinski definition) is 3. The molecule has 2 N–H and O–H groups in total. The van der Waals surface area contributed by atoms with Crippen molar-refractivity contribution in [1.82, 2.24) is 0 Å². The van der Waals surface area contributed by atoms with Crippen molar-refractivity contribution >= 4 is 6.16 Å². The number of ether oxygens (including phenoxy) is 2. The second kappa shape index (κ2) is 5.85. The third-order valence-corrected chi connectivity index (χ3v) is 2.12. The van der Waals surface area contributed by atoms with E-state index in [1.165, 1.54) is 5.56 Å². The molecule has 0 saturated heterocycles. The highest BCUT2D eigenvalue weighted by Crippen LogP contribution is 2.34. The van der Waals surface area contributed by atoms with Crippen molar-refractivity contribution in [2.45, 2.75) is 12.8 Å². The molecule has 1 aromatic carbocycles. The fraction of sp³-hybridized carbons (Fsp3) is 0.364. The van der Waals surface area contributed by atoms with E-state index in [1.54, 1.807) is 7.11 Å². The number of fused-ring (bicyclic) bond motifs is 1. The zero-order chi connectivity index (χ0) is 12.0. The summed E-state index contributed by atoms with van der Waals surface area (Å²) in [6.07, 6.45) is 0.382. The van der Waals surface area contributed by atoms with Crippen molar-refractivity contribution in [3.8, 4) is 11.5 Å². The van der Waals surface area contributed by atoms with Gasteiger partial charge < -0.3 is 19.7 Å². The standard InChI is InChI=1S/C10H12O2.CH2O3/c1-11-9-6-2-4-8-5-3-7-12-10(8)9;2-1(3)4/h2,4,6H,3,5,7H2,1H3;(H2,2,3,4). The quantitative estimate of drug-likeness (QED) is 0.768. The summed E-state index contributed by atoms with van der Waals surface area (Å²) < 4.78 is 10.7. The van der Waals surface area contributed by atoms with Crippen molar-refractivity contribution in [1.29, 1.82) is 0 Å². The number of carboxylic acid groups (broad SMARTS) is 2. The number of para-hydroxylation sites is 1. The molecule has 0 atom stereocenters. The summed E-state index contributed by atoms with van der Waals surface area (Å²) in [6, 6.07) is 6.04. The highest BCUT2D eigenvalue weighted by atomic mass is 16.6. The summed E-state index contributed by atoms with van der Waals surface area (Å²) in [6.45, 7) is 0.813. The first-order valence-corrected chi connectivity index (χ1v) is 4.85. The van der Waals surface area contributed by atoms with Crippen LogP contribution in [0.3, 0.4) is 0 Å². The van der Waals surface area contributed by atoms with E-state index in [0.29, 0.717) is 0 Å². The highest BCUT2D eigenvalue weighted by molar-refractivity contribution is 5.53. The Hall–Kier alpha value is -1.91. The van der Waals surface area contributed by atoms with Gasteiger partial charge in [-0.05, 0) is 24.5 Å². The van der Waals surface area contributed by atoms with Gasteiger partial charge in [0, 0.05) is 0 Å². The van der Waals surface area contributed by atoms with Gasteiger partial charge in [0.1, 0.15) is 0 Å². The molecule has 0 fully saturated rings. The monoisotopic (exact) mass is 226 g/mol. The van der Waals surface area contributed by atoms with Crippen LogP contribution in [-0.4, -0.2) is 30.1 Å². The molecule has 0 radical (unpaired) electrons. The molecule has 1 aliphatic heterocycles. The van der Waals surface area contributed by atoms with E-state index < -0.39 is 6.16 Å². The van der Waals surface area contributed by atoms with Crippen molar-refractivity contribution < 1.29 is 24.5 Å². The Balaban J connectivity index is 0.000000280. The van der Waals surface area contributed by atoms with Gasteiger partial charge in [-0.15, -0.1) is 0 Å². The van der Waals surface area contributed by atoms with Gasteiger partial charge >= 0.3 is 6.16 Å². The number of aryl methyl sites for hydroxylation is 1. The summed E-state index contributed by atoms with van der Waals surface area (Å²) in [5.41, 5.74) is 1.26. The van der Waals surface area contributed by atoms with E-state index >= 15 is 0 Å². The van der Waals surface area contributed by atoms with Crippen LogP contribution in [0.15, 0.2) is 18.2 Å². The van der Waals surface area contributed by atoms with Crippen LogP contribution in [0, 0.1) is 0 Å². The molecule has 0 unspecified atom stereocenters. The van der Waals surface area contributed by atoms with Gasteiger partial charge in [0.05, 0.1) is 13.7 Å². The SMILES string of the molecule is COc1cccc2c1OCCC2.O=C(O)O. The van der Waals surface area contributed by atoms with Gasteiger partial charge in [-0.2, -0.15) is 0 Å². The van der Waals surface area contributed by atoms with Crippen molar-refractivity contribution in [3.05, 3.63) is 23.8 Å². The Bertz CT molecular complexity index is 343. The summed E-state index contributed by atoms with van der Waals surface area (Å²) in [4.78, 5) is 8.56. The molecule has 0 saturated carbocycles. The molecule has 0 aliphatic carbocycles. The van der Waals surface area contributed by atoms with Crippen LogP contribution >= 0.6 is 0 Å². The van der Waals surface area contributed by atoms with Gasteiger partial charge in [0.2, 0.25) is 0 Å². The normalized spacial score (nSPS) is 12.6. The molecular formula is C11H14O5. The molecule has 1 heterocycles. The second-order valence-electron chi connectivity index (χ2n) is 3.18. The van der Waals surface area contributed by atoms with E-state index in [-0.39, 0.29) is 0 Å². The van der Waals surface area contributed by atoms with E-state index in [1.807, 2.05) is 12.1 Å². The van der Waals surface area contributed by atoms with Crippen LogP contribution in [-0.2, 0) is 6.42 Å². The average Bonchev–Trinajstić information content (AvgIpc) is 2.27. The molecule has 0 amide bonds. The van der Waals surface area contributed by atoms with Gasteiger partial charge in [0.15, 0.2) is 11.5 Å². The minimum Gasteiger partial charge on any atom is -0.493 e. The number of rotatable bonds is 1. The van der Waals surface area contributed by atoms with Crippen molar-refractivity contribution in [3.63, 3.8) is 0 Å². The molecular weight excluding hydrogens is 212 g/mol. The third kappa shape index (κ3) is 3.34. The summed E-state index contributed by atoms with van der Waals surface area (Å²) >= 11 is 0. The Labute approximate surface area is 93.2 Å². The number of benzene rings is 1. The largest absolute Gasteiger partial charge is 0.503 e. The number of methoxy groups -OCH3 is 1. The first-order chi connectivity index (χ1) is 7.65. The van der Waals surface area contributed by atoms with Gasteiger partial charge in [-0.3, -0.25) is 0 Å². The lowest BCUT2D eigenvalue weighted by molar-refractivity contribution is 0.137. The van der Waals surface area contributed by atoms with Gasteiger partial charge in [0.25, 0.3) is 0 Å². The number of hydrogen-bond donors (Lipinski definition) is 2. The molecule has 0 spiro atoms. The Morgan fingerprint density at radius 2 is 2.12 bits per heavy atom. The van der Waals surface area contributed by atoms with Crippen LogP contribution in [0.4, 0.5) is 4.79 Å². The predicted octanol–water partition coefficient (Wildman–Crippen LogP) is 2.24. The van der Waals surface area contributed by atoms with E-state index in [2.05, 4.69) is 6.07 Å². The fourth-order valence-electron chi connectivity index (χ4n) is 1.52. The predicted molar refractivity (Wildman–Crippen MR) is 57.5 cm³/mol. The average molecular weight is 226 g/mol. The lowest BCUT2D eigenvalue weighted by Crippen LogP contribution is -2.09. The lowest BCUT2D eigenvalue weighted by atomic mass is 10.1. The van der Waals surface area contributed by atoms with E-state index in [9.17, 15) is 0 Å². The van der Waals surface area contributed by atoms with Crippen LogP contribution in [0.2, 0.25) is 0 Å². The van der Waals surface area contributed by atoms with Crippen molar-refractivity contribution in [2.24, 2.45) is 0 Å². The molecule has 1 aliphatic rings. The van der Waals surface area contributed by atoms with Crippen LogP contribution in [0.1, 0.15) is 12.0 Å². The molecule has 5 nitrogen and oxygen atoms in total. The van der Waals surface area contributed by atoms with E-state index in [0.717, 1.165) is 30.9 Å². The molecule has 0 aromatic heterocycles. The lowest BCUT2D eigenvalue weighted by Gasteiger charge is -2.18. The highest BCUT2D eigenvalue weighted by Gasteiger charge is 2.13. The third-order valence-electron chi connectivity index (χ3n) is 2.12. The summed E-state index contributed by atoms with van der Waals surface area (Å²) in [7, 11) is 1.67. The first-order valence-electron chi connectivity index (χ1n) is 4.85. The molecule has 2 rings (SSSR count). The fourth-order valence-corrected chi connectivity index (χ4v) is 1.52. The smallest absolute Gasteiger partial charge is 0.493 e. The first kappa shape index (κ1) is 12.2. The second-order valence-corrected chi connectivity index (χ2v) is 3.18. The van der Waals surface area contributed by atoms with Crippen LogP contribution in [0.25, 0.3) is 0 Å². The Morgan fingerprint density at radius 1 is 1.44 bits per heavy atom. The zero-order valence-electron chi connectivity index (χ0n) is 8.97. The van der Waals surface area contributed by atoms with Crippen molar-refractivity contribution in [2.75, 3.05) is 13.7 Å². The molecule has 0 bridgehead atoms. The van der Waals surface area contributed by atoms with Crippen LogP contribution in [0.5, 0.6) is 11.5 Å². The summed E-state index contributed by atoms with van der Waals surface area (Å²) in [5, 5.41) is 13.9. The van der Waals surface area contributed by atoms with E-state index in [4.69, 9.17) is 24.5 Å². The maximum Gasteiger partial charge on any atom is 0.503 e. The Morgan fingerprint density at radius 3 is 2.75 bits per heavy atom. The topological polar surface area (TPSA) is 76.0 Å². The molecule has 16 heavy (non-hydrogen) atoms. The molecule has 88 valence electrons. The zero-order valence-corrected chi connectivity index (χ0v) is 8.97. The molecule has 1 aromatic rings. The number of carbonyl (C=O) groups is 1. The maximum absolute atomic E-state index is 8.56.